The number of carboxylic acids is 1. The summed E-state index contributed by atoms with van der Waals surface area (Å²) in [6, 6.07) is 5.71. The van der Waals surface area contributed by atoms with E-state index in [1.807, 2.05) is 0 Å². The first-order chi connectivity index (χ1) is 14.8. The van der Waals surface area contributed by atoms with Crippen LogP contribution in [0, 0.1) is 24.6 Å². The van der Waals surface area contributed by atoms with Crippen molar-refractivity contribution < 1.29 is 33.4 Å². The smallest absolute Gasteiger partial charge is 0.341 e. The molecule has 31 heavy (non-hydrogen) atoms. The van der Waals surface area contributed by atoms with E-state index in [1.165, 1.54) is 23.5 Å². The van der Waals surface area contributed by atoms with E-state index < -0.39 is 47.7 Å². The number of amides is 1. The average Bonchev–Trinajstić information content (AvgIpc) is 3.41. The fourth-order valence-corrected chi connectivity index (χ4v) is 5.58. The van der Waals surface area contributed by atoms with Crippen molar-refractivity contribution in [3.8, 4) is 11.1 Å². The molecule has 2 aromatic rings. The molecule has 0 spiro atoms. The van der Waals surface area contributed by atoms with Gasteiger partial charge >= 0.3 is 11.9 Å². The fourth-order valence-electron chi connectivity index (χ4n) is 4.51. The molecule has 3 heterocycles. The summed E-state index contributed by atoms with van der Waals surface area (Å²) in [5, 5.41) is 12.6. The molecule has 2 bridgehead atoms. The highest BCUT2D eigenvalue weighted by Gasteiger charge is 2.55. The summed E-state index contributed by atoms with van der Waals surface area (Å²) in [7, 11) is 0. The van der Waals surface area contributed by atoms with Crippen molar-refractivity contribution in [3.05, 3.63) is 40.5 Å². The number of carbonyl (C=O) groups excluding carboxylic acids is 2. The van der Waals surface area contributed by atoms with Gasteiger partial charge in [0.1, 0.15) is 16.4 Å². The number of aliphatic carboxylic acids is 1. The number of halogens is 1. The standard InChI is InChI=1S/C22H22FNO6S/c1-3-29-22(28)18-15(11-4-6-12(23)7-5-11)10(2)31-20(18)24-19(25)16-13-8-9-14(30-13)17(16)21(26)27/h4-7,13-14,16-17H,3,8-9H2,1-2H3,(H,24,25)(H,26,27)/t13-,14-,16+,17+/m1/s1. The number of fused-ring (bicyclic) bond motifs is 2. The van der Waals surface area contributed by atoms with Gasteiger partial charge in [0.05, 0.1) is 30.7 Å². The van der Waals surface area contributed by atoms with Gasteiger partial charge in [0.2, 0.25) is 5.91 Å². The Morgan fingerprint density at radius 3 is 2.45 bits per heavy atom. The molecule has 4 rings (SSSR count). The Bertz CT molecular complexity index is 1030. The SMILES string of the molecule is CCOC(=O)c1c(NC(=O)[C@@H]2[C@@H](C(=O)O)[C@H]3CC[C@H]2O3)sc(C)c1-c1ccc(F)cc1. The molecule has 4 atom stereocenters. The van der Waals surface area contributed by atoms with Crippen LogP contribution in [0.1, 0.15) is 35.0 Å². The van der Waals surface area contributed by atoms with Gasteiger partial charge in [0.15, 0.2) is 0 Å². The third-order valence-corrected chi connectivity index (χ3v) is 6.82. The van der Waals surface area contributed by atoms with Gasteiger partial charge in [-0.25, -0.2) is 9.18 Å². The van der Waals surface area contributed by atoms with Crippen LogP contribution in [0.25, 0.3) is 11.1 Å². The molecule has 0 radical (unpaired) electrons. The van der Waals surface area contributed by atoms with Gasteiger partial charge in [0.25, 0.3) is 0 Å². The minimum absolute atomic E-state index is 0.144. The molecule has 1 aromatic heterocycles. The number of ether oxygens (including phenoxy) is 2. The summed E-state index contributed by atoms with van der Waals surface area (Å²) in [6.45, 7) is 3.62. The summed E-state index contributed by atoms with van der Waals surface area (Å²) in [4.78, 5) is 38.4. The van der Waals surface area contributed by atoms with Gasteiger partial charge < -0.3 is 19.9 Å². The number of benzene rings is 1. The zero-order chi connectivity index (χ0) is 22.3. The van der Waals surface area contributed by atoms with Crippen molar-refractivity contribution in [2.45, 2.75) is 38.9 Å². The monoisotopic (exact) mass is 447 g/mol. The van der Waals surface area contributed by atoms with E-state index in [0.717, 1.165) is 4.88 Å². The summed E-state index contributed by atoms with van der Waals surface area (Å²) >= 11 is 1.20. The summed E-state index contributed by atoms with van der Waals surface area (Å²) < 4.78 is 24.3. The van der Waals surface area contributed by atoms with Crippen LogP contribution in [0.5, 0.6) is 0 Å². The highest BCUT2D eigenvalue weighted by atomic mass is 32.1. The number of hydrogen-bond acceptors (Lipinski definition) is 6. The number of carboxylic acid groups (broad SMARTS) is 1. The highest BCUT2D eigenvalue weighted by Crippen LogP contribution is 2.45. The number of esters is 1. The lowest BCUT2D eigenvalue weighted by atomic mass is 9.78. The number of rotatable bonds is 6. The van der Waals surface area contributed by atoms with E-state index in [0.29, 0.717) is 24.0 Å². The van der Waals surface area contributed by atoms with Crippen LogP contribution in [0.2, 0.25) is 0 Å². The Labute approximate surface area is 182 Å². The van der Waals surface area contributed by atoms with Gasteiger partial charge in [-0.3, -0.25) is 9.59 Å². The third-order valence-electron chi connectivity index (χ3n) is 5.79. The molecule has 0 saturated carbocycles. The molecule has 2 aliphatic rings. The molecule has 2 N–H and O–H groups in total. The molecule has 2 fully saturated rings. The molecule has 1 aromatic carbocycles. The van der Waals surface area contributed by atoms with Gasteiger partial charge in [-0.05, 0) is 44.4 Å². The van der Waals surface area contributed by atoms with Crippen LogP contribution in [-0.4, -0.2) is 41.8 Å². The van der Waals surface area contributed by atoms with Gasteiger partial charge in [-0.2, -0.15) is 0 Å². The van der Waals surface area contributed by atoms with E-state index in [4.69, 9.17) is 9.47 Å². The molecular formula is C22H22FNO6S. The Balaban J connectivity index is 1.70. The van der Waals surface area contributed by atoms with Crippen LogP contribution in [0.3, 0.4) is 0 Å². The maximum absolute atomic E-state index is 13.4. The molecular weight excluding hydrogens is 425 g/mol. The summed E-state index contributed by atoms with van der Waals surface area (Å²) in [5.41, 5.74) is 1.35. The quantitative estimate of drug-likeness (QED) is 0.652. The minimum atomic E-state index is -1.06. The van der Waals surface area contributed by atoms with Crippen molar-refractivity contribution in [2.75, 3.05) is 11.9 Å². The van der Waals surface area contributed by atoms with Crippen LogP contribution in [-0.2, 0) is 19.1 Å². The van der Waals surface area contributed by atoms with Crippen LogP contribution >= 0.6 is 11.3 Å². The predicted octanol–water partition coefficient (Wildman–Crippen LogP) is 3.86. The Kier molecular flexibility index (Phi) is 5.81. The van der Waals surface area contributed by atoms with Crippen LogP contribution in [0.15, 0.2) is 24.3 Å². The lowest BCUT2D eigenvalue weighted by Crippen LogP contribution is -2.41. The molecule has 0 unspecified atom stereocenters. The van der Waals surface area contributed by atoms with Gasteiger partial charge in [-0.15, -0.1) is 11.3 Å². The first-order valence-electron chi connectivity index (χ1n) is 10.1. The van der Waals surface area contributed by atoms with Gasteiger partial charge in [-0.1, -0.05) is 12.1 Å². The van der Waals surface area contributed by atoms with E-state index in [-0.39, 0.29) is 17.2 Å². The first kappa shape index (κ1) is 21.5. The van der Waals surface area contributed by atoms with Crippen molar-refractivity contribution in [3.63, 3.8) is 0 Å². The Hall–Kier alpha value is -2.78. The zero-order valence-corrected chi connectivity index (χ0v) is 17.8. The van der Waals surface area contributed by atoms with Crippen molar-refractivity contribution in [1.82, 2.24) is 0 Å². The number of nitrogens with one attached hydrogen (secondary N) is 1. The highest BCUT2D eigenvalue weighted by molar-refractivity contribution is 7.17. The van der Waals surface area contributed by atoms with Gasteiger partial charge in [0, 0.05) is 10.4 Å². The second-order valence-electron chi connectivity index (χ2n) is 7.63. The average molecular weight is 447 g/mol. The molecule has 9 heteroatoms. The number of anilines is 1. The topological polar surface area (TPSA) is 102 Å². The van der Waals surface area contributed by atoms with Crippen LogP contribution < -0.4 is 5.32 Å². The predicted molar refractivity (Wildman–Crippen MR) is 112 cm³/mol. The molecule has 164 valence electrons. The van der Waals surface area contributed by atoms with Crippen molar-refractivity contribution >= 4 is 34.2 Å². The number of thiophene rings is 1. The number of hydrogen-bond donors (Lipinski definition) is 2. The lowest BCUT2D eigenvalue weighted by molar-refractivity contribution is -0.147. The Morgan fingerprint density at radius 2 is 1.84 bits per heavy atom. The van der Waals surface area contributed by atoms with E-state index in [2.05, 4.69) is 5.32 Å². The van der Waals surface area contributed by atoms with E-state index in [9.17, 15) is 23.9 Å². The maximum Gasteiger partial charge on any atom is 0.341 e. The number of carbonyl (C=O) groups is 3. The zero-order valence-electron chi connectivity index (χ0n) is 17.0. The summed E-state index contributed by atoms with van der Waals surface area (Å²) in [6.07, 6.45) is 0.325. The van der Waals surface area contributed by atoms with Crippen molar-refractivity contribution in [1.29, 1.82) is 0 Å². The minimum Gasteiger partial charge on any atom is -0.481 e. The molecule has 0 aliphatic carbocycles. The molecule has 1 amide bonds. The summed E-state index contributed by atoms with van der Waals surface area (Å²) in [5.74, 6) is -4.31. The Morgan fingerprint density at radius 1 is 1.19 bits per heavy atom. The normalized spacial score (nSPS) is 24.2. The molecule has 2 saturated heterocycles. The molecule has 2 aliphatic heterocycles. The first-order valence-corrected chi connectivity index (χ1v) is 10.9. The van der Waals surface area contributed by atoms with Crippen molar-refractivity contribution in [2.24, 2.45) is 11.8 Å². The second kappa shape index (κ2) is 8.39. The second-order valence-corrected chi connectivity index (χ2v) is 8.86. The number of aryl methyl sites for hydroxylation is 1. The van der Waals surface area contributed by atoms with E-state index >= 15 is 0 Å². The largest absolute Gasteiger partial charge is 0.481 e. The van der Waals surface area contributed by atoms with Crippen LogP contribution in [0.4, 0.5) is 9.39 Å². The fraction of sp³-hybridized carbons (Fsp3) is 0.409. The third kappa shape index (κ3) is 3.83. The molecule has 7 nitrogen and oxygen atoms in total. The maximum atomic E-state index is 13.4. The lowest BCUT2D eigenvalue weighted by Gasteiger charge is -2.23. The van der Waals surface area contributed by atoms with E-state index in [1.54, 1.807) is 26.0 Å².